The molecular weight excluding hydrogens is 465 g/mol. The lowest BCUT2D eigenvalue weighted by molar-refractivity contribution is 0.0474. The second kappa shape index (κ2) is 10.3. The normalized spacial score (nSPS) is 10.9. The largest absolute Gasteiger partial charge is 0.497 e. The Hall–Kier alpha value is -3.92. The van der Waals surface area contributed by atoms with Crippen LogP contribution in [0.1, 0.15) is 26.3 Å². The molecule has 0 fully saturated rings. The summed E-state index contributed by atoms with van der Waals surface area (Å²) in [6.45, 7) is 0.983. The predicted octanol–water partition coefficient (Wildman–Crippen LogP) is 3.99. The number of carbonyl (C=O) groups is 2. The fourth-order valence-electron chi connectivity index (χ4n) is 3.10. The van der Waals surface area contributed by atoms with Crippen molar-refractivity contribution in [3.05, 3.63) is 83.2 Å². The van der Waals surface area contributed by atoms with Crippen LogP contribution in [0, 0.1) is 12.7 Å². The van der Waals surface area contributed by atoms with E-state index in [0.29, 0.717) is 11.3 Å². The number of methoxy groups -OCH3 is 2. The Morgan fingerprint density at radius 2 is 1.74 bits per heavy atom. The summed E-state index contributed by atoms with van der Waals surface area (Å²) >= 11 is 0. The molecule has 3 rings (SSSR count). The van der Waals surface area contributed by atoms with Crippen molar-refractivity contribution in [2.45, 2.75) is 11.8 Å². The highest BCUT2D eigenvalue weighted by molar-refractivity contribution is 7.92. The summed E-state index contributed by atoms with van der Waals surface area (Å²) in [4.78, 5) is 24.8. The Balaban J connectivity index is 1.72. The van der Waals surface area contributed by atoms with Crippen LogP contribution in [0.15, 0.2) is 65.6 Å². The standard InChI is InChI=1S/C24H22FNO7S/c1-15-7-8-17(25)12-23(15)34(29,30)26-18-6-4-5-16(11-18)24(28)33-14-21(27)20-10-9-19(31-2)13-22(20)32-3/h4-13,26H,14H2,1-3H3. The summed E-state index contributed by atoms with van der Waals surface area (Å²) in [5.41, 5.74) is 0.659. The number of aryl methyl sites for hydroxylation is 1. The predicted molar refractivity (Wildman–Crippen MR) is 123 cm³/mol. The van der Waals surface area contributed by atoms with Crippen LogP contribution >= 0.6 is 0 Å². The van der Waals surface area contributed by atoms with E-state index in [1.807, 2.05) is 0 Å². The van der Waals surface area contributed by atoms with Crippen LogP contribution in [0.2, 0.25) is 0 Å². The van der Waals surface area contributed by atoms with Gasteiger partial charge >= 0.3 is 5.97 Å². The molecule has 0 saturated carbocycles. The number of hydrogen-bond acceptors (Lipinski definition) is 7. The number of ether oxygens (including phenoxy) is 3. The molecule has 0 aliphatic carbocycles. The van der Waals surface area contributed by atoms with E-state index < -0.39 is 34.2 Å². The SMILES string of the molecule is COc1ccc(C(=O)COC(=O)c2cccc(NS(=O)(=O)c3cc(F)ccc3C)c2)c(OC)c1. The van der Waals surface area contributed by atoms with Crippen LogP contribution in [0.5, 0.6) is 11.5 Å². The summed E-state index contributed by atoms with van der Waals surface area (Å²) in [5, 5.41) is 0. The number of nitrogens with one attached hydrogen (secondary N) is 1. The average Bonchev–Trinajstić information content (AvgIpc) is 2.83. The fourth-order valence-corrected chi connectivity index (χ4v) is 4.41. The van der Waals surface area contributed by atoms with Gasteiger partial charge in [-0.25, -0.2) is 17.6 Å². The Morgan fingerprint density at radius 1 is 0.971 bits per heavy atom. The lowest BCUT2D eigenvalue weighted by Gasteiger charge is -2.12. The van der Waals surface area contributed by atoms with Gasteiger partial charge in [-0.15, -0.1) is 0 Å². The molecule has 10 heteroatoms. The van der Waals surface area contributed by atoms with Crippen molar-refractivity contribution < 1.29 is 36.6 Å². The number of halogens is 1. The highest BCUT2D eigenvalue weighted by Crippen LogP contribution is 2.25. The molecule has 0 unspecified atom stereocenters. The number of rotatable bonds is 9. The number of Topliss-reactive ketones (excluding diaryl/α,β-unsaturated/α-hetero) is 1. The minimum atomic E-state index is -4.10. The highest BCUT2D eigenvalue weighted by Gasteiger charge is 2.20. The first kappa shape index (κ1) is 24.7. The molecule has 8 nitrogen and oxygen atoms in total. The highest BCUT2D eigenvalue weighted by atomic mass is 32.2. The molecule has 34 heavy (non-hydrogen) atoms. The van der Waals surface area contributed by atoms with E-state index in [-0.39, 0.29) is 27.5 Å². The van der Waals surface area contributed by atoms with E-state index in [9.17, 15) is 22.4 Å². The molecule has 0 aliphatic heterocycles. The Kier molecular flexibility index (Phi) is 7.52. The number of esters is 1. The Bertz CT molecular complexity index is 1340. The van der Waals surface area contributed by atoms with E-state index in [0.717, 1.165) is 12.1 Å². The molecule has 0 bridgehead atoms. The van der Waals surface area contributed by atoms with Crippen molar-refractivity contribution in [1.82, 2.24) is 0 Å². The number of ketones is 1. The number of sulfonamides is 1. The minimum absolute atomic E-state index is 0.0191. The number of carbonyl (C=O) groups excluding carboxylic acids is 2. The van der Waals surface area contributed by atoms with Crippen molar-refractivity contribution in [1.29, 1.82) is 0 Å². The van der Waals surface area contributed by atoms with E-state index in [4.69, 9.17) is 14.2 Å². The van der Waals surface area contributed by atoms with Gasteiger partial charge in [0.2, 0.25) is 5.78 Å². The molecule has 178 valence electrons. The van der Waals surface area contributed by atoms with Gasteiger partial charge in [-0.1, -0.05) is 12.1 Å². The zero-order valence-corrected chi connectivity index (χ0v) is 19.4. The van der Waals surface area contributed by atoms with Gasteiger partial charge in [-0.3, -0.25) is 9.52 Å². The maximum absolute atomic E-state index is 13.5. The smallest absolute Gasteiger partial charge is 0.338 e. The molecule has 3 aromatic rings. The van der Waals surface area contributed by atoms with Gasteiger partial charge in [0.1, 0.15) is 17.3 Å². The van der Waals surface area contributed by atoms with Gasteiger partial charge in [-0.05, 0) is 55.0 Å². The number of hydrogen-bond donors (Lipinski definition) is 1. The summed E-state index contributed by atoms with van der Waals surface area (Å²) in [6.07, 6.45) is 0. The summed E-state index contributed by atoms with van der Waals surface area (Å²) < 4.78 is 56.6. The molecule has 3 aromatic carbocycles. The van der Waals surface area contributed by atoms with Gasteiger partial charge in [0, 0.05) is 11.8 Å². The first-order valence-corrected chi connectivity index (χ1v) is 11.4. The molecule has 0 amide bonds. The van der Waals surface area contributed by atoms with Crippen LogP contribution in [-0.2, 0) is 14.8 Å². The second-order valence-electron chi connectivity index (χ2n) is 7.16. The lowest BCUT2D eigenvalue weighted by Crippen LogP contribution is -2.16. The maximum Gasteiger partial charge on any atom is 0.338 e. The summed E-state index contributed by atoms with van der Waals surface area (Å²) in [5.74, 6) is -1.25. The molecule has 0 spiro atoms. The molecule has 1 N–H and O–H groups in total. The molecule has 0 aliphatic rings. The molecule has 0 atom stereocenters. The second-order valence-corrected chi connectivity index (χ2v) is 8.81. The Labute approximate surface area is 196 Å². The summed E-state index contributed by atoms with van der Waals surface area (Å²) in [6, 6.07) is 13.6. The third kappa shape index (κ3) is 5.70. The van der Waals surface area contributed by atoms with Crippen LogP contribution in [0.4, 0.5) is 10.1 Å². The van der Waals surface area contributed by atoms with Crippen molar-refractivity contribution >= 4 is 27.5 Å². The van der Waals surface area contributed by atoms with Crippen LogP contribution < -0.4 is 14.2 Å². The maximum atomic E-state index is 13.5. The third-order valence-corrected chi connectivity index (χ3v) is 6.36. The monoisotopic (exact) mass is 487 g/mol. The van der Waals surface area contributed by atoms with Crippen LogP contribution in [0.25, 0.3) is 0 Å². The first-order valence-electron chi connectivity index (χ1n) is 9.96. The topological polar surface area (TPSA) is 108 Å². The average molecular weight is 488 g/mol. The molecule has 0 radical (unpaired) electrons. The van der Waals surface area contributed by atoms with Crippen molar-refractivity contribution in [2.75, 3.05) is 25.5 Å². The van der Waals surface area contributed by atoms with Gasteiger partial charge < -0.3 is 14.2 Å². The number of anilines is 1. The van der Waals surface area contributed by atoms with Crippen LogP contribution in [-0.4, -0.2) is 41.0 Å². The van der Waals surface area contributed by atoms with E-state index in [1.165, 1.54) is 63.6 Å². The zero-order chi connectivity index (χ0) is 24.9. The molecular formula is C24H22FNO7S. The molecule has 0 saturated heterocycles. The van der Waals surface area contributed by atoms with Crippen molar-refractivity contribution in [2.24, 2.45) is 0 Å². The zero-order valence-electron chi connectivity index (χ0n) is 18.6. The Morgan fingerprint density at radius 3 is 2.44 bits per heavy atom. The van der Waals surface area contributed by atoms with Crippen LogP contribution in [0.3, 0.4) is 0 Å². The van der Waals surface area contributed by atoms with E-state index in [2.05, 4.69) is 4.72 Å². The van der Waals surface area contributed by atoms with Crippen molar-refractivity contribution in [3.63, 3.8) is 0 Å². The third-order valence-electron chi connectivity index (χ3n) is 4.83. The quantitative estimate of drug-likeness (QED) is 0.359. The van der Waals surface area contributed by atoms with E-state index >= 15 is 0 Å². The van der Waals surface area contributed by atoms with Gasteiger partial charge in [0.25, 0.3) is 10.0 Å². The summed E-state index contributed by atoms with van der Waals surface area (Å²) in [7, 11) is -1.23. The lowest BCUT2D eigenvalue weighted by atomic mass is 10.1. The van der Waals surface area contributed by atoms with Crippen molar-refractivity contribution in [3.8, 4) is 11.5 Å². The molecule has 0 aromatic heterocycles. The fraction of sp³-hybridized carbons (Fsp3) is 0.167. The minimum Gasteiger partial charge on any atom is -0.497 e. The number of benzene rings is 3. The first-order chi connectivity index (χ1) is 16.1. The van der Waals surface area contributed by atoms with Gasteiger partial charge in [0.05, 0.1) is 30.2 Å². The van der Waals surface area contributed by atoms with E-state index in [1.54, 1.807) is 6.07 Å². The molecule has 0 heterocycles. The van der Waals surface area contributed by atoms with Gasteiger partial charge in [0.15, 0.2) is 6.61 Å². The van der Waals surface area contributed by atoms with Gasteiger partial charge in [-0.2, -0.15) is 0 Å².